The van der Waals surface area contributed by atoms with Crippen molar-refractivity contribution in [3.05, 3.63) is 71.0 Å². The largest absolute Gasteiger partial charge is 0.353 e. The van der Waals surface area contributed by atoms with Crippen LogP contribution < -0.4 is 10.6 Å². The van der Waals surface area contributed by atoms with E-state index in [0.717, 1.165) is 11.1 Å². The highest BCUT2D eigenvalue weighted by atomic mass is 19.1. The van der Waals surface area contributed by atoms with Gasteiger partial charge in [-0.1, -0.05) is 42.5 Å². The van der Waals surface area contributed by atoms with Gasteiger partial charge in [-0.15, -0.1) is 0 Å². The molecule has 27 heavy (non-hydrogen) atoms. The fourth-order valence-electron chi connectivity index (χ4n) is 3.26. The van der Waals surface area contributed by atoms with E-state index >= 15 is 0 Å². The van der Waals surface area contributed by atoms with Gasteiger partial charge in [0.25, 0.3) is 0 Å². The summed E-state index contributed by atoms with van der Waals surface area (Å²) in [6.45, 7) is 4.02. The van der Waals surface area contributed by atoms with Crippen LogP contribution in [0, 0.1) is 12.7 Å². The molecule has 0 radical (unpaired) electrons. The first kappa shape index (κ1) is 19.0. The average molecular weight is 369 g/mol. The fraction of sp³-hybridized carbons (Fsp3) is 0.333. The predicted octanol–water partition coefficient (Wildman–Crippen LogP) is 2.14. The highest BCUT2D eigenvalue weighted by Crippen LogP contribution is 2.16. The summed E-state index contributed by atoms with van der Waals surface area (Å²) in [7, 11) is 0. The van der Waals surface area contributed by atoms with E-state index in [2.05, 4.69) is 10.6 Å². The Kier molecular flexibility index (Phi) is 6.19. The van der Waals surface area contributed by atoms with Gasteiger partial charge < -0.3 is 10.6 Å². The summed E-state index contributed by atoms with van der Waals surface area (Å²) < 4.78 is 13.7. The number of rotatable bonds is 6. The Morgan fingerprint density at radius 1 is 1.19 bits per heavy atom. The van der Waals surface area contributed by atoms with Gasteiger partial charge in [0.05, 0.1) is 12.5 Å². The van der Waals surface area contributed by atoms with Crippen LogP contribution in [0.15, 0.2) is 48.5 Å². The molecule has 142 valence electrons. The van der Waals surface area contributed by atoms with Gasteiger partial charge in [-0.05, 0) is 24.1 Å². The molecule has 2 N–H and O–H groups in total. The summed E-state index contributed by atoms with van der Waals surface area (Å²) in [5.74, 6) is -0.764. The van der Waals surface area contributed by atoms with Gasteiger partial charge in [0.1, 0.15) is 5.82 Å². The molecule has 0 aliphatic carbocycles. The Labute approximate surface area is 158 Å². The van der Waals surface area contributed by atoms with Crippen molar-refractivity contribution < 1.29 is 14.0 Å². The maximum absolute atomic E-state index is 13.7. The molecule has 0 bridgehead atoms. The highest BCUT2D eigenvalue weighted by molar-refractivity contribution is 5.88. The van der Waals surface area contributed by atoms with Crippen LogP contribution in [-0.4, -0.2) is 35.8 Å². The Morgan fingerprint density at radius 2 is 1.89 bits per heavy atom. The smallest absolute Gasteiger partial charge is 0.237 e. The van der Waals surface area contributed by atoms with E-state index in [0.29, 0.717) is 25.2 Å². The second-order valence-corrected chi connectivity index (χ2v) is 6.78. The number of nitrogens with one attached hydrogen (secondary N) is 2. The average Bonchev–Trinajstić information content (AvgIpc) is 2.66. The molecule has 1 aliphatic rings. The topological polar surface area (TPSA) is 61.4 Å². The molecular formula is C21H24FN3O2. The van der Waals surface area contributed by atoms with E-state index in [1.807, 2.05) is 36.1 Å². The zero-order chi connectivity index (χ0) is 19.2. The van der Waals surface area contributed by atoms with Crippen LogP contribution in [0.25, 0.3) is 0 Å². The summed E-state index contributed by atoms with van der Waals surface area (Å²) in [6, 6.07) is 13.8. The third kappa shape index (κ3) is 4.92. The van der Waals surface area contributed by atoms with E-state index in [4.69, 9.17) is 0 Å². The minimum atomic E-state index is -0.529. The lowest BCUT2D eigenvalue weighted by Gasteiger charge is -2.35. The van der Waals surface area contributed by atoms with Gasteiger partial charge in [0.15, 0.2) is 0 Å². The number of hydrogen-bond acceptors (Lipinski definition) is 3. The number of piperazine rings is 1. The van der Waals surface area contributed by atoms with Crippen LogP contribution in [0.4, 0.5) is 4.39 Å². The first-order valence-corrected chi connectivity index (χ1v) is 9.11. The number of carbonyl (C=O) groups is 2. The summed E-state index contributed by atoms with van der Waals surface area (Å²) in [5, 5.41) is 5.55. The summed E-state index contributed by atoms with van der Waals surface area (Å²) in [4.78, 5) is 26.7. The van der Waals surface area contributed by atoms with Gasteiger partial charge in [-0.3, -0.25) is 14.5 Å². The molecule has 0 spiro atoms. The van der Waals surface area contributed by atoms with E-state index in [1.54, 1.807) is 18.2 Å². The predicted molar refractivity (Wildman–Crippen MR) is 101 cm³/mol. The van der Waals surface area contributed by atoms with E-state index in [1.165, 1.54) is 6.07 Å². The van der Waals surface area contributed by atoms with Crippen molar-refractivity contribution in [1.29, 1.82) is 0 Å². The van der Waals surface area contributed by atoms with Gasteiger partial charge in [0.2, 0.25) is 11.8 Å². The lowest BCUT2D eigenvalue weighted by atomic mass is 10.0. The van der Waals surface area contributed by atoms with Gasteiger partial charge in [-0.2, -0.15) is 0 Å². The Morgan fingerprint density at radius 3 is 2.63 bits per heavy atom. The van der Waals surface area contributed by atoms with Gasteiger partial charge in [0, 0.05) is 31.7 Å². The quantitative estimate of drug-likeness (QED) is 0.820. The minimum absolute atomic E-state index is 0.0478. The second kappa shape index (κ2) is 8.77. The van der Waals surface area contributed by atoms with Crippen molar-refractivity contribution in [3.63, 3.8) is 0 Å². The standard InChI is InChI=1S/C21H24FN3O2/c1-15-6-2-3-8-17(15)14-25-11-10-23-21(27)19(25)12-20(26)24-13-16-7-4-5-9-18(16)22/h2-9,19H,10-14H2,1H3,(H,23,27)(H,24,26). The molecule has 6 heteroatoms. The van der Waals surface area contributed by atoms with Crippen molar-refractivity contribution >= 4 is 11.8 Å². The van der Waals surface area contributed by atoms with Crippen LogP contribution >= 0.6 is 0 Å². The van der Waals surface area contributed by atoms with Crippen LogP contribution in [0.5, 0.6) is 0 Å². The molecule has 3 rings (SSSR count). The molecule has 1 fully saturated rings. The zero-order valence-electron chi connectivity index (χ0n) is 15.4. The third-order valence-corrected chi connectivity index (χ3v) is 4.89. The van der Waals surface area contributed by atoms with Crippen LogP contribution in [0.3, 0.4) is 0 Å². The Balaban J connectivity index is 1.63. The van der Waals surface area contributed by atoms with Crippen LogP contribution in [-0.2, 0) is 22.7 Å². The summed E-state index contributed by atoms with van der Waals surface area (Å²) >= 11 is 0. The second-order valence-electron chi connectivity index (χ2n) is 6.78. The summed E-state index contributed by atoms with van der Waals surface area (Å²) in [6.07, 6.45) is 0.0478. The van der Waals surface area contributed by atoms with Crippen molar-refractivity contribution in [2.75, 3.05) is 13.1 Å². The molecule has 1 aliphatic heterocycles. The maximum atomic E-state index is 13.7. The maximum Gasteiger partial charge on any atom is 0.237 e. The number of nitrogens with zero attached hydrogens (tertiary/aromatic N) is 1. The first-order chi connectivity index (χ1) is 13.0. The number of hydrogen-bond donors (Lipinski definition) is 2. The molecule has 1 saturated heterocycles. The SMILES string of the molecule is Cc1ccccc1CN1CCNC(=O)C1CC(=O)NCc1ccccc1F. The number of amides is 2. The Hall–Kier alpha value is -2.73. The zero-order valence-corrected chi connectivity index (χ0v) is 15.4. The number of aryl methyl sites for hydroxylation is 1. The van der Waals surface area contributed by atoms with Gasteiger partial charge >= 0.3 is 0 Å². The van der Waals surface area contributed by atoms with Crippen molar-refractivity contribution in [2.24, 2.45) is 0 Å². The molecule has 1 unspecified atom stereocenters. The molecule has 1 atom stereocenters. The molecule has 1 heterocycles. The van der Waals surface area contributed by atoms with Crippen molar-refractivity contribution in [1.82, 2.24) is 15.5 Å². The molecule has 5 nitrogen and oxygen atoms in total. The molecular weight excluding hydrogens is 345 g/mol. The fourth-order valence-corrected chi connectivity index (χ4v) is 3.26. The Bertz CT molecular complexity index is 825. The molecule has 2 aromatic rings. The summed E-state index contributed by atoms with van der Waals surface area (Å²) in [5.41, 5.74) is 2.73. The van der Waals surface area contributed by atoms with Crippen LogP contribution in [0.2, 0.25) is 0 Å². The van der Waals surface area contributed by atoms with Crippen molar-refractivity contribution in [3.8, 4) is 0 Å². The highest BCUT2D eigenvalue weighted by Gasteiger charge is 2.31. The van der Waals surface area contributed by atoms with E-state index in [-0.39, 0.29) is 30.6 Å². The first-order valence-electron chi connectivity index (χ1n) is 9.11. The molecule has 0 aromatic heterocycles. The number of benzene rings is 2. The normalized spacial score (nSPS) is 17.4. The number of halogens is 1. The lowest BCUT2D eigenvalue weighted by molar-refractivity contribution is -0.134. The van der Waals surface area contributed by atoms with Crippen LogP contribution in [0.1, 0.15) is 23.1 Å². The van der Waals surface area contributed by atoms with E-state index in [9.17, 15) is 14.0 Å². The lowest BCUT2D eigenvalue weighted by Crippen LogP contribution is -2.56. The number of carbonyl (C=O) groups excluding carboxylic acids is 2. The van der Waals surface area contributed by atoms with Gasteiger partial charge in [-0.25, -0.2) is 4.39 Å². The molecule has 2 amide bonds. The van der Waals surface area contributed by atoms with E-state index < -0.39 is 6.04 Å². The molecule has 0 saturated carbocycles. The van der Waals surface area contributed by atoms with Crippen molar-refractivity contribution in [2.45, 2.75) is 32.5 Å². The third-order valence-electron chi connectivity index (χ3n) is 4.89. The minimum Gasteiger partial charge on any atom is -0.353 e. The molecule has 2 aromatic carbocycles. The monoisotopic (exact) mass is 369 g/mol.